The molecule has 0 unspecified atom stereocenters. The van der Waals surface area contributed by atoms with Crippen molar-refractivity contribution in [1.29, 1.82) is 0 Å². The lowest BCUT2D eigenvalue weighted by Gasteiger charge is -2.16. The van der Waals surface area contributed by atoms with E-state index in [1.54, 1.807) is 0 Å². The molecule has 0 saturated carbocycles. The van der Waals surface area contributed by atoms with Gasteiger partial charge in [-0.05, 0) is 41.7 Å². The molecule has 0 aliphatic rings. The number of hydrogen-bond acceptors (Lipinski definition) is 6. The fourth-order valence-electron chi connectivity index (χ4n) is 4.54. The van der Waals surface area contributed by atoms with Gasteiger partial charge in [-0.25, -0.2) is 14.3 Å². The second kappa shape index (κ2) is 11.1. The first-order valence-electron chi connectivity index (χ1n) is 12.6. The van der Waals surface area contributed by atoms with E-state index in [-0.39, 0.29) is 11.6 Å². The molecule has 5 aromatic rings. The fourth-order valence-corrected chi connectivity index (χ4v) is 4.54. The van der Waals surface area contributed by atoms with Crippen LogP contribution in [0.4, 0.5) is 0 Å². The number of benzene rings is 3. The number of ether oxygens (including phenoxy) is 1. The minimum absolute atomic E-state index is 0.126. The lowest BCUT2D eigenvalue weighted by molar-refractivity contribution is 0.362. The zero-order valence-corrected chi connectivity index (χ0v) is 21.3. The third kappa shape index (κ3) is 5.06. The predicted octanol–water partition coefficient (Wildman–Crippen LogP) is 5.18. The summed E-state index contributed by atoms with van der Waals surface area (Å²) in [5, 5.41) is 3.84. The average molecular weight is 509 g/mol. The zero-order chi connectivity index (χ0) is 26.5. The molecular weight excluding hydrogens is 480 g/mol. The van der Waals surface area contributed by atoms with E-state index < -0.39 is 5.76 Å². The summed E-state index contributed by atoms with van der Waals surface area (Å²) in [6, 6.07) is 25.4. The molecule has 0 radical (unpaired) electrons. The molecule has 5 rings (SSSR count). The zero-order valence-electron chi connectivity index (χ0n) is 21.3. The highest BCUT2D eigenvalue weighted by Gasteiger charge is 2.19. The second-order valence-corrected chi connectivity index (χ2v) is 8.97. The first-order valence-corrected chi connectivity index (χ1v) is 12.6. The van der Waals surface area contributed by atoms with Gasteiger partial charge < -0.3 is 4.74 Å². The number of hydrogen-bond donors (Lipinski definition) is 1. The number of aromatic amines is 1. The third-order valence-electron chi connectivity index (χ3n) is 6.46. The van der Waals surface area contributed by atoms with E-state index in [0.717, 1.165) is 40.8 Å². The predicted molar refractivity (Wildman–Crippen MR) is 146 cm³/mol. The van der Waals surface area contributed by atoms with Gasteiger partial charge in [0.1, 0.15) is 0 Å². The van der Waals surface area contributed by atoms with Crippen LogP contribution in [0.15, 0.2) is 93.0 Å². The monoisotopic (exact) mass is 508 g/mol. The number of aryl methyl sites for hydroxylation is 1. The van der Waals surface area contributed by atoms with Crippen LogP contribution in [0.2, 0.25) is 0 Å². The van der Waals surface area contributed by atoms with Crippen LogP contribution in [0.1, 0.15) is 36.6 Å². The Kier molecular flexibility index (Phi) is 7.31. The summed E-state index contributed by atoms with van der Waals surface area (Å²) in [6.07, 6.45) is 3.07. The van der Waals surface area contributed by atoms with Gasteiger partial charge in [-0.2, -0.15) is 0 Å². The van der Waals surface area contributed by atoms with E-state index in [0.29, 0.717) is 29.9 Å². The van der Waals surface area contributed by atoms with Crippen LogP contribution < -0.4 is 16.1 Å². The van der Waals surface area contributed by atoms with Crippen molar-refractivity contribution in [3.8, 4) is 34.2 Å². The smallest absolute Gasteiger partial charge is 0.439 e. The van der Waals surface area contributed by atoms with Crippen molar-refractivity contribution in [3.05, 3.63) is 117 Å². The van der Waals surface area contributed by atoms with Gasteiger partial charge in [-0.15, -0.1) is 0 Å². The first-order chi connectivity index (χ1) is 18.6. The molecule has 0 atom stereocenters. The molecule has 3 aromatic carbocycles. The van der Waals surface area contributed by atoms with E-state index in [4.69, 9.17) is 14.2 Å². The van der Waals surface area contributed by atoms with Crippen molar-refractivity contribution in [2.24, 2.45) is 0 Å². The van der Waals surface area contributed by atoms with Crippen LogP contribution in [-0.4, -0.2) is 26.8 Å². The van der Waals surface area contributed by atoms with E-state index in [9.17, 15) is 9.59 Å². The van der Waals surface area contributed by atoms with Crippen LogP contribution in [0, 0.1) is 0 Å². The van der Waals surface area contributed by atoms with E-state index in [2.05, 4.69) is 17.1 Å². The number of aromatic nitrogens is 4. The quantitative estimate of drug-likeness (QED) is 0.294. The standard InChI is InChI=1S/C30H28N4O4/c1-3-4-14-26-25(28(35)34(29(31-26)37-2)22-10-6-5-7-11-22)19-20-15-17-21(18-16-20)23-12-8-9-13-24(23)27-32-30(36)38-33-27/h5-13,15-18H,3-4,14,19H2,1-2H3,(H,32,33,36). The van der Waals surface area contributed by atoms with Gasteiger partial charge >= 0.3 is 11.8 Å². The largest absolute Gasteiger partial charge is 0.468 e. The summed E-state index contributed by atoms with van der Waals surface area (Å²) >= 11 is 0. The molecular formula is C30H28N4O4. The van der Waals surface area contributed by atoms with Gasteiger partial charge in [-0.3, -0.25) is 14.3 Å². The van der Waals surface area contributed by atoms with Crippen LogP contribution in [0.5, 0.6) is 6.01 Å². The van der Waals surface area contributed by atoms with Crippen LogP contribution in [0.3, 0.4) is 0 Å². The molecule has 0 aliphatic carbocycles. The van der Waals surface area contributed by atoms with Gasteiger partial charge in [0, 0.05) is 17.5 Å². The minimum Gasteiger partial charge on any atom is -0.468 e. The number of para-hydroxylation sites is 1. The second-order valence-electron chi connectivity index (χ2n) is 8.97. The molecule has 38 heavy (non-hydrogen) atoms. The summed E-state index contributed by atoms with van der Waals surface area (Å²) in [5.74, 6) is -0.223. The van der Waals surface area contributed by atoms with Gasteiger partial charge in [-0.1, -0.05) is 85.2 Å². The molecule has 8 heteroatoms. The lowest BCUT2D eigenvalue weighted by Crippen LogP contribution is -2.27. The van der Waals surface area contributed by atoms with E-state index in [1.807, 2.05) is 78.9 Å². The topological polar surface area (TPSA) is 103 Å². The molecule has 2 aromatic heterocycles. The Morgan fingerprint density at radius 3 is 2.29 bits per heavy atom. The maximum Gasteiger partial charge on any atom is 0.439 e. The van der Waals surface area contributed by atoms with Crippen molar-refractivity contribution in [2.45, 2.75) is 32.6 Å². The third-order valence-corrected chi connectivity index (χ3v) is 6.46. The molecule has 8 nitrogen and oxygen atoms in total. The maximum absolute atomic E-state index is 13.8. The number of nitrogens with zero attached hydrogens (tertiary/aromatic N) is 3. The van der Waals surface area contributed by atoms with Gasteiger partial charge in [0.05, 0.1) is 18.5 Å². The highest BCUT2D eigenvalue weighted by Crippen LogP contribution is 2.30. The van der Waals surface area contributed by atoms with Crippen molar-refractivity contribution in [3.63, 3.8) is 0 Å². The Hall–Kier alpha value is -4.72. The molecule has 0 amide bonds. The number of unbranched alkanes of at least 4 members (excludes halogenated alkanes) is 1. The maximum atomic E-state index is 13.8. The highest BCUT2D eigenvalue weighted by atomic mass is 16.5. The van der Waals surface area contributed by atoms with Crippen LogP contribution >= 0.6 is 0 Å². The van der Waals surface area contributed by atoms with E-state index in [1.165, 1.54) is 11.7 Å². The van der Waals surface area contributed by atoms with Crippen molar-refractivity contribution in [1.82, 2.24) is 19.7 Å². The van der Waals surface area contributed by atoms with Crippen molar-refractivity contribution < 1.29 is 9.26 Å². The lowest BCUT2D eigenvalue weighted by atomic mass is 9.96. The molecule has 0 fully saturated rings. The molecule has 1 N–H and O–H groups in total. The molecule has 2 heterocycles. The SMILES string of the molecule is CCCCc1nc(OC)n(-c2ccccc2)c(=O)c1Cc1ccc(-c2ccccc2-c2noc(=O)[nH]2)cc1. The van der Waals surface area contributed by atoms with E-state index >= 15 is 0 Å². The Balaban J connectivity index is 1.53. The summed E-state index contributed by atoms with van der Waals surface area (Å²) < 4.78 is 11.8. The molecule has 0 bridgehead atoms. The van der Waals surface area contributed by atoms with Crippen LogP contribution in [-0.2, 0) is 12.8 Å². The van der Waals surface area contributed by atoms with Crippen molar-refractivity contribution in [2.75, 3.05) is 7.11 Å². The average Bonchev–Trinajstić information content (AvgIpc) is 3.40. The first kappa shape index (κ1) is 25.0. The molecule has 0 aliphatic heterocycles. The van der Waals surface area contributed by atoms with Crippen LogP contribution in [0.25, 0.3) is 28.2 Å². The Bertz CT molecular complexity index is 1650. The van der Waals surface area contributed by atoms with Gasteiger partial charge in [0.2, 0.25) is 0 Å². The number of H-pyrrole nitrogens is 1. The number of nitrogens with one attached hydrogen (secondary N) is 1. The summed E-state index contributed by atoms with van der Waals surface area (Å²) in [5.41, 5.74) is 5.63. The normalized spacial score (nSPS) is 11.0. The molecule has 192 valence electrons. The summed E-state index contributed by atoms with van der Waals surface area (Å²) in [7, 11) is 1.54. The Morgan fingerprint density at radius 1 is 0.921 bits per heavy atom. The highest BCUT2D eigenvalue weighted by molar-refractivity contribution is 5.80. The molecule has 0 spiro atoms. The fraction of sp³-hybridized carbons (Fsp3) is 0.200. The summed E-state index contributed by atoms with van der Waals surface area (Å²) in [4.78, 5) is 32.7. The summed E-state index contributed by atoms with van der Waals surface area (Å²) in [6.45, 7) is 2.12. The Morgan fingerprint density at radius 2 is 1.63 bits per heavy atom. The van der Waals surface area contributed by atoms with Gasteiger partial charge in [0.15, 0.2) is 5.82 Å². The number of rotatable bonds is 9. The van der Waals surface area contributed by atoms with Gasteiger partial charge in [0.25, 0.3) is 5.56 Å². The number of methoxy groups -OCH3 is 1. The minimum atomic E-state index is -0.599. The van der Waals surface area contributed by atoms with Crippen molar-refractivity contribution >= 4 is 0 Å². The molecule has 0 saturated heterocycles. The Labute approximate surface area is 219 Å².